The molecule has 1 amide bonds. The number of nitrogens with one attached hydrogen (secondary N) is 1. The van der Waals surface area contributed by atoms with Gasteiger partial charge in [0.15, 0.2) is 0 Å². The van der Waals surface area contributed by atoms with Gasteiger partial charge in [-0.25, -0.2) is 9.78 Å². The minimum atomic E-state index is -1.06. The number of aryl methyl sites for hydroxylation is 2. The fraction of sp³-hybridized carbons (Fsp3) is 0.429. The first kappa shape index (κ1) is 16.2. The Morgan fingerprint density at radius 2 is 2.23 bits per heavy atom. The Labute approximate surface area is 130 Å². The number of aromatic nitrogens is 2. The molecule has 1 unspecified atom stereocenters. The van der Waals surface area contributed by atoms with Gasteiger partial charge in [0.1, 0.15) is 10.9 Å². The maximum absolute atomic E-state index is 12.2. The lowest BCUT2D eigenvalue weighted by Gasteiger charge is -2.12. The van der Waals surface area contributed by atoms with Crippen LogP contribution >= 0.6 is 11.3 Å². The van der Waals surface area contributed by atoms with Gasteiger partial charge in [0.2, 0.25) is 5.91 Å². The molecule has 0 spiro atoms. The van der Waals surface area contributed by atoms with E-state index in [0.29, 0.717) is 16.6 Å². The molecule has 2 heterocycles. The standard InChI is InChI=1S/C14H17N3O4S/c1-3-10(14(20)21)16-11(18)4-5-17-7-15-12-9(13(17)19)6-8(2)22-12/h6-7,10H,3-5H2,1-2H3,(H,16,18)(H,20,21). The number of carbonyl (C=O) groups excluding carboxylic acids is 1. The Kier molecular flexibility index (Phi) is 4.92. The highest BCUT2D eigenvalue weighted by Gasteiger charge is 2.17. The first-order valence-electron chi connectivity index (χ1n) is 6.90. The third kappa shape index (κ3) is 3.51. The quantitative estimate of drug-likeness (QED) is 0.830. The molecule has 2 aromatic rings. The van der Waals surface area contributed by atoms with Crippen molar-refractivity contribution in [1.29, 1.82) is 0 Å². The molecule has 118 valence electrons. The number of rotatable bonds is 6. The van der Waals surface area contributed by atoms with E-state index in [1.807, 2.05) is 6.92 Å². The molecule has 0 saturated heterocycles. The van der Waals surface area contributed by atoms with Crippen LogP contribution in [0.5, 0.6) is 0 Å². The van der Waals surface area contributed by atoms with Gasteiger partial charge >= 0.3 is 5.97 Å². The molecule has 2 rings (SSSR count). The van der Waals surface area contributed by atoms with Gasteiger partial charge in [-0.1, -0.05) is 6.92 Å². The Bertz CT molecular complexity index is 765. The third-order valence-electron chi connectivity index (χ3n) is 3.26. The van der Waals surface area contributed by atoms with Crippen molar-refractivity contribution in [2.45, 2.75) is 39.3 Å². The monoisotopic (exact) mass is 323 g/mol. The van der Waals surface area contributed by atoms with Crippen molar-refractivity contribution in [2.24, 2.45) is 0 Å². The van der Waals surface area contributed by atoms with Crippen molar-refractivity contribution in [3.8, 4) is 0 Å². The van der Waals surface area contributed by atoms with Gasteiger partial charge in [-0.3, -0.25) is 14.2 Å². The molecule has 2 aromatic heterocycles. The zero-order valence-electron chi connectivity index (χ0n) is 12.3. The Morgan fingerprint density at radius 3 is 2.86 bits per heavy atom. The molecule has 0 saturated carbocycles. The third-order valence-corrected chi connectivity index (χ3v) is 4.22. The zero-order valence-corrected chi connectivity index (χ0v) is 13.1. The van der Waals surface area contributed by atoms with E-state index in [1.54, 1.807) is 13.0 Å². The van der Waals surface area contributed by atoms with Crippen LogP contribution in [0.15, 0.2) is 17.2 Å². The number of aliphatic carboxylic acids is 1. The summed E-state index contributed by atoms with van der Waals surface area (Å²) in [5, 5.41) is 11.9. The SMILES string of the molecule is CCC(NC(=O)CCn1cnc2sc(C)cc2c1=O)C(=O)O. The number of hydrogen-bond acceptors (Lipinski definition) is 5. The number of carboxylic acids is 1. The molecule has 0 fully saturated rings. The van der Waals surface area contributed by atoms with E-state index in [9.17, 15) is 14.4 Å². The van der Waals surface area contributed by atoms with Crippen LogP contribution in [0.3, 0.4) is 0 Å². The highest BCUT2D eigenvalue weighted by atomic mass is 32.1. The largest absolute Gasteiger partial charge is 0.480 e. The first-order chi connectivity index (χ1) is 10.4. The molecule has 0 radical (unpaired) electrons. The maximum Gasteiger partial charge on any atom is 0.326 e. The van der Waals surface area contributed by atoms with Gasteiger partial charge in [-0.2, -0.15) is 0 Å². The van der Waals surface area contributed by atoms with Gasteiger partial charge in [-0.15, -0.1) is 11.3 Å². The number of carbonyl (C=O) groups is 2. The van der Waals surface area contributed by atoms with Crippen LogP contribution in [-0.4, -0.2) is 32.6 Å². The number of amides is 1. The summed E-state index contributed by atoms with van der Waals surface area (Å²) in [6, 6.07) is 0.882. The smallest absolute Gasteiger partial charge is 0.326 e. The lowest BCUT2D eigenvalue weighted by Crippen LogP contribution is -2.40. The van der Waals surface area contributed by atoms with Crippen molar-refractivity contribution < 1.29 is 14.7 Å². The molecule has 22 heavy (non-hydrogen) atoms. The van der Waals surface area contributed by atoms with E-state index in [4.69, 9.17) is 5.11 Å². The van der Waals surface area contributed by atoms with Gasteiger partial charge < -0.3 is 10.4 Å². The predicted octanol–water partition coefficient (Wildman–Crippen LogP) is 1.14. The fourth-order valence-electron chi connectivity index (χ4n) is 2.07. The molecular formula is C14H17N3O4S. The highest BCUT2D eigenvalue weighted by molar-refractivity contribution is 7.18. The number of fused-ring (bicyclic) bond motifs is 1. The van der Waals surface area contributed by atoms with Crippen molar-refractivity contribution in [3.05, 3.63) is 27.6 Å². The predicted molar refractivity (Wildman–Crippen MR) is 83.1 cm³/mol. The molecule has 0 aliphatic carbocycles. The Hall–Kier alpha value is -2.22. The average Bonchev–Trinajstić information content (AvgIpc) is 2.85. The highest BCUT2D eigenvalue weighted by Crippen LogP contribution is 2.19. The summed E-state index contributed by atoms with van der Waals surface area (Å²) in [6.45, 7) is 3.75. The summed E-state index contributed by atoms with van der Waals surface area (Å²) in [4.78, 5) is 40.8. The van der Waals surface area contributed by atoms with E-state index in [1.165, 1.54) is 22.2 Å². The molecule has 2 N–H and O–H groups in total. The summed E-state index contributed by atoms with van der Waals surface area (Å²) in [5.41, 5.74) is -0.188. The van der Waals surface area contributed by atoms with Crippen LogP contribution in [0.1, 0.15) is 24.6 Å². The Morgan fingerprint density at radius 1 is 1.50 bits per heavy atom. The Balaban J connectivity index is 2.05. The zero-order chi connectivity index (χ0) is 16.3. The maximum atomic E-state index is 12.2. The van der Waals surface area contributed by atoms with E-state index in [0.717, 1.165) is 4.88 Å². The van der Waals surface area contributed by atoms with Crippen molar-refractivity contribution in [2.75, 3.05) is 0 Å². The second kappa shape index (κ2) is 6.69. The van der Waals surface area contributed by atoms with Crippen LogP contribution in [0.25, 0.3) is 10.2 Å². The number of thiophene rings is 1. The van der Waals surface area contributed by atoms with Gasteiger partial charge in [-0.05, 0) is 19.4 Å². The second-order valence-corrected chi connectivity index (χ2v) is 6.17. The topological polar surface area (TPSA) is 101 Å². The van der Waals surface area contributed by atoms with Crippen LogP contribution in [0.2, 0.25) is 0 Å². The molecule has 8 heteroatoms. The second-order valence-electron chi connectivity index (χ2n) is 4.94. The van der Waals surface area contributed by atoms with Crippen molar-refractivity contribution >= 4 is 33.4 Å². The molecule has 7 nitrogen and oxygen atoms in total. The number of hydrogen-bond donors (Lipinski definition) is 2. The van der Waals surface area contributed by atoms with Gasteiger partial charge in [0, 0.05) is 17.8 Å². The van der Waals surface area contributed by atoms with E-state index >= 15 is 0 Å². The van der Waals surface area contributed by atoms with Crippen LogP contribution in [-0.2, 0) is 16.1 Å². The lowest BCUT2D eigenvalue weighted by molar-refractivity contribution is -0.141. The summed E-state index contributed by atoms with van der Waals surface area (Å²) in [6.07, 6.45) is 1.76. The first-order valence-corrected chi connectivity index (χ1v) is 7.71. The van der Waals surface area contributed by atoms with E-state index in [-0.39, 0.29) is 18.5 Å². The van der Waals surface area contributed by atoms with Crippen LogP contribution in [0, 0.1) is 6.92 Å². The average molecular weight is 323 g/mol. The number of nitrogens with zero attached hydrogens (tertiary/aromatic N) is 2. The van der Waals surface area contributed by atoms with E-state index < -0.39 is 17.9 Å². The van der Waals surface area contributed by atoms with Crippen LogP contribution in [0.4, 0.5) is 0 Å². The molecule has 1 atom stereocenters. The molecule has 0 aliphatic rings. The molecule has 0 bridgehead atoms. The van der Waals surface area contributed by atoms with Crippen molar-refractivity contribution in [1.82, 2.24) is 14.9 Å². The summed E-state index contributed by atoms with van der Waals surface area (Å²) >= 11 is 1.44. The molecule has 0 aliphatic heterocycles. The summed E-state index contributed by atoms with van der Waals surface area (Å²) in [7, 11) is 0. The van der Waals surface area contributed by atoms with Crippen molar-refractivity contribution in [3.63, 3.8) is 0 Å². The summed E-state index contributed by atoms with van der Waals surface area (Å²) in [5.74, 6) is -1.47. The normalized spacial score (nSPS) is 12.3. The van der Waals surface area contributed by atoms with Gasteiger partial charge in [0.05, 0.1) is 11.7 Å². The number of carboxylic acid groups (broad SMARTS) is 1. The van der Waals surface area contributed by atoms with E-state index in [2.05, 4.69) is 10.3 Å². The molecular weight excluding hydrogens is 306 g/mol. The minimum absolute atomic E-state index is 0.0278. The lowest BCUT2D eigenvalue weighted by atomic mass is 10.2. The minimum Gasteiger partial charge on any atom is -0.480 e. The fourth-order valence-corrected chi connectivity index (χ4v) is 2.90. The molecule has 0 aromatic carbocycles. The van der Waals surface area contributed by atoms with Crippen LogP contribution < -0.4 is 10.9 Å². The summed E-state index contributed by atoms with van der Waals surface area (Å²) < 4.78 is 1.37. The van der Waals surface area contributed by atoms with Gasteiger partial charge in [0.25, 0.3) is 5.56 Å².